The number of carbonyl (C=O) groups is 4. The van der Waals surface area contributed by atoms with Gasteiger partial charge in [0.15, 0.2) is 0 Å². The van der Waals surface area contributed by atoms with Gasteiger partial charge in [0.1, 0.15) is 34.9 Å². The standard InChI is InChI=1S/C44H47N9O5/c1-5-52-35(22-31(50-52)26-16-17-26)48-41-39-30-20-23(2)29(37-24(3)51-58-25(37)4)21-32(30)45-40(39)46-34(47-41)15-10-8-6-7-9-12-27-13-11-14-28-38(27)44(57)53(43(28)56)33-18-19-36(54)49-42(33)55/h11,13-14,20-22,26,33H,5-10,12,15-19H2,1-4H3,(H,49,54,55)(H2,45,46,47,48). The molecule has 0 spiro atoms. The van der Waals surface area contributed by atoms with Gasteiger partial charge in [-0.25, -0.2) is 14.6 Å². The number of aromatic amines is 1. The summed E-state index contributed by atoms with van der Waals surface area (Å²) in [5.74, 6) is 1.84. The number of fused-ring (bicyclic) bond motifs is 4. The van der Waals surface area contributed by atoms with Crippen LogP contribution < -0.4 is 10.6 Å². The van der Waals surface area contributed by atoms with E-state index in [4.69, 9.17) is 19.6 Å². The summed E-state index contributed by atoms with van der Waals surface area (Å²) in [6.45, 7) is 8.86. The van der Waals surface area contributed by atoms with E-state index in [-0.39, 0.29) is 18.7 Å². The minimum atomic E-state index is -0.971. The quantitative estimate of drug-likeness (QED) is 0.0733. The lowest BCUT2D eigenvalue weighted by molar-refractivity contribution is -0.136. The van der Waals surface area contributed by atoms with Gasteiger partial charge in [-0.3, -0.25) is 29.4 Å². The predicted octanol–water partition coefficient (Wildman–Crippen LogP) is 7.67. The highest BCUT2D eigenvalue weighted by Gasteiger charge is 2.45. The van der Waals surface area contributed by atoms with Gasteiger partial charge in [-0.1, -0.05) is 36.6 Å². The number of anilines is 2. The summed E-state index contributed by atoms with van der Waals surface area (Å²) in [6, 6.07) is 10.9. The molecule has 4 amide bonds. The molecule has 2 aromatic carbocycles. The highest BCUT2D eigenvalue weighted by Crippen LogP contribution is 2.42. The maximum Gasteiger partial charge on any atom is 0.262 e. The smallest absolute Gasteiger partial charge is 0.262 e. The van der Waals surface area contributed by atoms with Crippen LogP contribution in [0.4, 0.5) is 11.6 Å². The van der Waals surface area contributed by atoms with Crippen LogP contribution in [0.2, 0.25) is 0 Å². The number of rotatable bonds is 14. The first-order chi connectivity index (χ1) is 28.1. The highest BCUT2D eigenvalue weighted by molar-refractivity contribution is 6.24. The van der Waals surface area contributed by atoms with Crippen LogP contribution in [0, 0.1) is 20.8 Å². The molecule has 14 heteroatoms. The highest BCUT2D eigenvalue weighted by atomic mass is 16.5. The van der Waals surface area contributed by atoms with Gasteiger partial charge in [-0.15, -0.1) is 0 Å². The van der Waals surface area contributed by atoms with Gasteiger partial charge >= 0.3 is 0 Å². The van der Waals surface area contributed by atoms with Crippen LogP contribution in [0.3, 0.4) is 0 Å². The van der Waals surface area contributed by atoms with Crippen molar-refractivity contribution in [3.63, 3.8) is 0 Å². The van der Waals surface area contributed by atoms with Crippen molar-refractivity contribution in [3.8, 4) is 11.1 Å². The topological polar surface area (TPSA) is 181 Å². The van der Waals surface area contributed by atoms with Crippen LogP contribution >= 0.6 is 0 Å². The van der Waals surface area contributed by atoms with Crippen molar-refractivity contribution in [2.75, 3.05) is 5.32 Å². The van der Waals surface area contributed by atoms with E-state index in [2.05, 4.69) is 52.8 Å². The third-order valence-electron chi connectivity index (χ3n) is 11.9. The second-order valence-electron chi connectivity index (χ2n) is 16.0. The Balaban J connectivity index is 0.893. The van der Waals surface area contributed by atoms with Gasteiger partial charge in [0.05, 0.1) is 27.9 Å². The fraction of sp³-hybridized carbons (Fsp3) is 0.409. The van der Waals surface area contributed by atoms with Gasteiger partial charge in [0, 0.05) is 47.8 Å². The summed E-state index contributed by atoms with van der Waals surface area (Å²) >= 11 is 0. The number of nitrogens with zero attached hydrogens (tertiary/aromatic N) is 6. The SMILES string of the molecule is CCn1nc(C2CC2)cc1Nc1nc(CCCCCCCc2cccc3c2C(=O)N(C2CCC(=O)NC2=O)C3=O)nc2[nH]c3cc(-c4c(C)noc4C)c(C)cc3c12. The minimum Gasteiger partial charge on any atom is -0.361 e. The number of unbranched alkanes of at least 4 members (excludes halogenated alkanes) is 4. The number of nitrogens with one attached hydrogen (secondary N) is 3. The maximum atomic E-state index is 13.5. The fourth-order valence-electron chi connectivity index (χ4n) is 8.74. The molecule has 2 aliphatic heterocycles. The normalized spacial score (nSPS) is 16.9. The third-order valence-corrected chi connectivity index (χ3v) is 11.9. The number of piperidine rings is 1. The summed E-state index contributed by atoms with van der Waals surface area (Å²) in [5.41, 5.74) is 8.43. The van der Waals surface area contributed by atoms with Gasteiger partial charge in [0.25, 0.3) is 11.8 Å². The summed E-state index contributed by atoms with van der Waals surface area (Å²) in [4.78, 5) is 65.8. The van der Waals surface area contributed by atoms with Crippen LogP contribution in [0.5, 0.6) is 0 Å². The molecule has 298 valence electrons. The van der Waals surface area contributed by atoms with E-state index in [0.717, 1.165) is 122 Å². The van der Waals surface area contributed by atoms with Crippen molar-refractivity contribution in [2.45, 2.75) is 117 Å². The lowest BCUT2D eigenvalue weighted by atomic mass is 9.97. The average molecular weight is 782 g/mol. The molecule has 0 bridgehead atoms. The second-order valence-corrected chi connectivity index (χ2v) is 16.0. The van der Waals surface area contributed by atoms with Gasteiger partial charge in [-0.2, -0.15) is 5.10 Å². The molecule has 1 saturated carbocycles. The lowest BCUT2D eigenvalue weighted by Crippen LogP contribution is -2.54. The average Bonchev–Trinajstić information content (AvgIpc) is 3.66. The molecular weight excluding hydrogens is 735 g/mol. The number of aromatic nitrogens is 6. The minimum absolute atomic E-state index is 0.0939. The number of hydrogen-bond acceptors (Lipinski definition) is 10. The Bertz CT molecular complexity index is 2630. The maximum absolute atomic E-state index is 13.5. The number of imide groups is 2. The molecule has 6 heterocycles. The van der Waals surface area contributed by atoms with Gasteiger partial charge < -0.3 is 14.8 Å². The Morgan fingerprint density at radius 1 is 0.879 bits per heavy atom. The van der Waals surface area contributed by atoms with Crippen LogP contribution in [0.25, 0.3) is 33.1 Å². The monoisotopic (exact) mass is 781 g/mol. The van der Waals surface area contributed by atoms with Crippen LogP contribution in [0.1, 0.15) is 125 Å². The van der Waals surface area contributed by atoms with E-state index in [1.165, 1.54) is 12.8 Å². The van der Waals surface area contributed by atoms with Crippen molar-refractivity contribution < 1.29 is 23.7 Å². The first-order valence-corrected chi connectivity index (χ1v) is 20.5. The zero-order valence-corrected chi connectivity index (χ0v) is 33.3. The van der Waals surface area contributed by atoms with E-state index in [1.54, 1.807) is 12.1 Å². The molecule has 9 rings (SSSR count). The number of amides is 4. The van der Waals surface area contributed by atoms with Crippen LogP contribution in [0.15, 0.2) is 40.9 Å². The summed E-state index contributed by atoms with van der Waals surface area (Å²) in [5, 5.41) is 17.0. The lowest BCUT2D eigenvalue weighted by Gasteiger charge is -2.27. The molecular formula is C44H47N9O5. The number of benzene rings is 2. The van der Waals surface area contributed by atoms with Crippen LogP contribution in [-0.4, -0.2) is 64.5 Å². The molecule has 2 fully saturated rings. The number of aryl methyl sites for hydroxylation is 6. The fourth-order valence-corrected chi connectivity index (χ4v) is 8.74. The number of carbonyl (C=O) groups excluding carboxylic acids is 4. The van der Waals surface area contributed by atoms with E-state index in [1.807, 2.05) is 24.6 Å². The molecule has 4 aromatic heterocycles. The van der Waals surface area contributed by atoms with Crippen molar-refractivity contribution in [1.29, 1.82) is 0 Å². The Kier molecular flexibility index (Phi) is 9.65. The largest absolute Gasteiger partial charge is 0.361 e. The molecule has 0 radical (unpaired) electrons. The third kappa shape index (κ3) is 6.73. The predicted molar refractivity (Wildman–Crippen MR) is 218 cm³/mol. The number of H-pyrrole nitrogens is 1. The Labute approximate surface area is 335 Å². The summed E-state index contributed by atoms with van der Waals surface area (Å²) in [6.07, 6.45) is 8.64. The summed E-state index contributed by atoms with van der Waals surface area (Å²) < 4.78 is 7.53. The first-order valence-electron chi connectivity index (χ1n) is 20.5. The van der Waals surface area contributed by atoms with E-state index in [0.29, 0.717) is 29.9 Å². The molecule has 14 nitrogen and oxygen atoms in total. The molecule has 1 atom stereocenters. The first kappa shape index (κ1) is 37.4. The van der Waals surface area contributed by atoms with Gasteiger partial charge in [-0.05, 0) is 101 Å². The molecule has 6 aromatic rings. The second kappa shape index (κ2) is 15.0. The molecule has 3 aliphatic rings. The molecule has 1 saturated heterocycles. The number of hydrogen-bond donors (Lipinski definition) is 3. The Morgan fingerprint density at radius 3 is 2.41 bits per heavy atom. The Hall–Kier alpha value is -6.18. The van der Waals surface area contributed by atoms with E-state index >= 15 is 0 Å². The van der Waals surface area contributed by atoms with Crippen molar-refractivity contribution in [2.24, 2.45) is 0 Å². The van der Waals surface area contributed by atoms with E-state index < -0.39 is 23.8 Å². The zero-order chi connectivity index (χ0) is 40.2. The molecule has 3 N–H and O–H groups in total. The van der Waals surface area contributed by atoms with Crippen molar-refractivity contribution in [1.82, 2.24) is 40.1 Å². The van der Waals surface area contributed by atoms with E-state index in [9.17, 15) is 19.2 Å². The van der Waals surface area contributed by atoms with Gasteiger partial charge in [0.2, 0.25) is 11.8 Å². The molecule has 1 unspecified atom stereocenters. The van der Waals surface area contributed by atoms with Crippen molar-refractivity contribution in [3.05, 3.63) is 81.6 Å². The molecule has 58 heavy (non-hydrogen) atoms. The van der Waals surface area contributed by atoms with Crippen LogP contribution in [-0.2, 0) is 29.0 Å². The molecule has 1 aliphatic carbocycles. The summed E-state index contributed by atoms with van der Waals surface area (Å²) in [7, 11) is 0. The zero-order valence-electron chi connectivity index (χ0n) is 33.3. The van der Waals surface area contributed by atoms with Crippen molar-refractivity contribution >= 4 is 57.2 Å². The Morgan fingerprint density at radius 2 is 1.67 bits per heavy atom.